The summed E-state index contributed by atoms with van der Waals surface area (Å²) in [6, 6.07) is 5.94. The molecular weight excluding hydrogens is 281 g/mol. The molecule has 1 saturated heterocycles. The highest BCUT2D eigenvalue weighted by atomic mass is 19.1. The first-order valence-electron chi connectivity index (χ1n) is 7.45. The zero-order valence-corrected chi connectivity index (χ0v) is 13.1. The van der Waals surface area contributed by atoms with E-state index in [1.165, 1.54) is 0 Å². The predicted molar refractivity (Wildman–Crippen MR) is 85.2 cm³/mol. The Morgan fingerprint density at radius 3 is 2.73 bits per heavy atom. The molecule has 1 aliphatic rings. The van der Waals surface area contributed by atoms with E-state index >= 15 is 0 Å². The van der Waals surface area contributed by atoms with Gasteiger partial charge < -0.3 is 9.64 Å². The van der Waals surface area contributed by atoms with Crippen LogP contribution in [0.25, 0.3) is 11.1 Å². The Morgan fingerprint density at radius 1 is 1.27 bits per heavy atom. The van der Waals surface area contributed by atoms with Crippen LogP contribution in [0.5, 0.6) is 5.75 Å². The summed E-state index contributed by atoms with van der Waals surface area (Å²) < 4.78 is 18.8. The number of hydrogen-bond acceptors (Lipinski definition) is 4. The number of anilines is 1. The molecule has 2 heterocycles. The number of nitrogens with zero attached hydrogens (tertiary/aromatic N) is 3. The molecule has 1 aromatic carbocycles. The molecule has 0 saturated carbocycles. The van der Waals surface area contributed by atoms with Gasteiger partial charge in [-0.25, -0.2) is 14.4 Å². The van der Waals surface area contributed by atoms with Crippen molar-refractivity contribution in [2.75, 3.05) is 25.1 Å². The normalized spacial score (nSPS) is 17.8. The smallest absolute Gasteiger partial charge is 0.140 e. The number of benzene rings is 1. The summed E-state index contributed by atoms with van der Waals surface area (Å²) >= 11 is 0. The Kier molecular flexibility index (Phi) is 3.96. The lowest BCUT2D eigenvalue weighted by Crippen LogP contribution is -2.22. The van der Waals surface area contributed by atoms with Crippen LogP contribution in [0.1, 0.15) is 17.7 Å². The van der Waals surface area contributed by atoms with Crippen LogP contribution in [0, 0.1) is 13.8 Å². The molecule has 3 rings (SSSR count). The molecule has 0 amide bonds. The average molecular weight is 301 g/mol. The van der Waals surface area contributed by atoms with Crippen molar-refractivity contribution in [3.63, 3.8) is 0 Å². The Balaban J connectivity index is 2.10. The minimum Gasteiger partial charge on any atom is -0.497 e. The molecule has 22 heavy (non-hydrogen) atoms. The summed E-state index contributed by atoms with van der Waals surface area (Å²) in [5.74, 6) is 1.64. The van der Waals surface area contributed by atoms with Crippen molar-refractivity contribution in [3.05, 3.63) is 35.8 Å². The van der Waals surface area contributed by atoms with Crippen molar-refractivity contribution < 1.29 is 9.13 Å². The van der Waals surface area contributed by atoms with Gasteiger partial charge in [0, 0.05) is 12.1 Å². The molecule has 1 unspecified atom stereocenters. The number of halogens is 1. The lowest BCUT2D eigenvalue weighted by atomic mass is 9.99. The molecule has 2 aromatic rings. The summed E-state index contributed by atoms with van der Waals surface area (Å²) in [5.41, 5.74) is 4.04. The zero-order valence-electron chi connectivity index (χ0n) is 13.1. The fraction of sp³-hybridized carbons (Fsp3) is 0.412. The molecule has 0 radical (unpaired) electrons. The monoisotopic (exact) mass is 301 g/mol. The molecule has 1 atom stereocenters. The molecule has 1 fully saturated rings. The molecule has 116 valence electrons. The van der Waals surface area contributed by atoms with Gasteiger partial charge in [0.1, 0.15) is 24.1 Å². The van der Waals surface area contributed by atoms with Crippen LogP contribution < -0.4 is 9.64 Å². The summed E-state index contributed by atoms with van der Waals surface area (Å²) in [6.07, 6.45) is 1.34. The Labute approximate surface area is 130 Å². The summed E-state index contributed by atoms with van der Waals surface area (Å²) in [6.45, 7) is 5.10. The molecule has 0 spiro atoms. The lowest BCUT2D eigenvalue weighted by Gasteiger charge is -2.22. The van der Waals surface area contributed by atoms with E-state index in [-0.39, 0.29) is 0 Å². The third-order valence-corrected chi connectivity index (χ3v) is 4.15. The second-order valence-corrected chi connectivity index (χ2v) is 5.67. The van der Waals surface area contributed by atoms with Crippen molar-refractivity contribution in [2.45, 2.75) is 26.4 Å². The minimum atomic E-state index is -0.778. The molecule has 1 aromatic heterocycles. The van der Waals surface area contributed by atoms with Gasteiger partial charge in [-0.05, 0) is 43.5 Å². The second kappa shape index (κ2) is 5.91. The standard InChI is InChI=1S/C17H20FN3O/c1-11-8-14(22-3)4-5-15(11)16-12(2)19-10-20-17(16)21-7-6-13(18)9-21/h4-5,8,10,13H,6-7,9H2,1-3H3. The first kappa shape index (κ1) is 14.8. The number of ether oxygens (including phenoxy) is 1. The highest BCUT2D eigenvalue weighted by Gasteiger charge is 2.26. The van der Waals surface area contributed by atoms with Crippen molar-refractivity contribution in [3.8, 4) is 16.9 Å². The van der Waals surface area contributed by atoms with Crippen LogP contribution in [-0.4, -0.2) is 36.3 Å². The molecule has 0 N–H and O–H groups in total. The van der Waals surface area contributed by atoms with E-state index in [9.17, 15) is 4.39 Å². The van der Waals surface area contributed by atoms with Gasteiger partial charge in [0.2, 0.25) is 0 Å². The van der Waals surface area contributed by atoms with Crippen LogP contribution in [0.3, 0.4) is 0 Å². The van der Waals surface area contributed by atoms with E-state index in [4.69, 9.17) is 4.74 Å². The molecule has 0 bridgehead atoms. The number of aromatic nitrogens is 2. The fourth-order valence-electron chi connectivity index (χ4n) is 2.97. The third kappa shape index (κ3) is 2.63. The predicted octanol–water partition coefficient (Wildman–Crippen LogP) is 3.32. The molecule has 4 nitrogen and oxygen atoms in total. The van der Waals surface area contributed by atoms with Crippen LogP contribution in [-0.2, 0) is 0 Å². The number of aryl methyl sites for hydroxylation is 2. The lowest BCUT2D eigenvalue weighted by molar-refractivity contribution is 0.364. The van der Waals surface area contributed by atoms with Crippen molar-refractivity contribution in [1.29, 1.82) is 0 Å². The maximum atomic E-state index is 13.6. The van der Waals surface area contributed by atoms with Gasteiger partial charge in [-0.2, -0.15) is 0 Å². The maximum absolute atomic E-state index is 13.6. The fourth-order valence-corrected chi connectivity index (χ4v) is 2.97. The maximum Gasteiger partial charge on any atom is 0.140 e. The van der Waals surface area contributed by atoms with Crippen molar-refractivity contribution in [2.24, 2.45) is 0 Å². The van der Waals surface area contributed by atoms with Crippen LogP contribution in [0.15, 0.2) is 24.5 Å². The minimum absolute atomic E-state index is 0.401. The molecule has 5 heteroatoms. The van der Waals surface area contributed by atoms with Crippen LogP contribution in [0.2, 0.25) is 0 Å². The van der Waals surface area contributed by atoms with E-state index < -0.39 is 6.17 Å². The van der Waals surface area contributed by atoms with Gasteiger partial charge in [0.15, 0.2) is 0 Å². The highest BCUT2D eigenvalue weighted by molar-refractivity contribution is 5.80. The first-order valence-corrected chi connectivity index (χ1v) is 7.45. The quantitative estimate of drug-likeness (QED) is 0.871. The summed E-state index contributed by atoms with van der Waals surface area (Å²) in [5, 5.41) is 0. The van der Waals surface area contributed by atoms with E-state index in [2.05, 4.69) is 9.97 Å². The molecular formula is C17H20FN3O. The first-order chi connectivity index (χ1) is 10.6. The second-order valence-electron chi connectivity index (χ2n) is 5.67. The van der Waals surface area contributed by atoms with E-state index in [1.807, 2.05) is 36.9 Å². The van der Waals surface area contributed by atoms with Gasteiger partial charge in [-0.15, -0.1) is 0 Å². The zero-order chi connectivity index (χ0) is 15.7. The molecule has 1 aliphatic heterocycles. The van der Waals surface area contributed by atoms with E-state index in [0.717, 1.165) is 34.0 Å². The van der Waals surface area contributed by atoms with Crippen molar-refractivity contribution in [1.82, 2.24) is 9.97 Å². The number of rotatable bonds is 3. The van der Waals surface area contributed by atoms with Gasteiger partial charge in [-0.1, -0.05) is 6.07 Å². The average Bonchev–Trinajstić information content (AvgIpc) is 2.94. The SMILES string of the molecule is COc1ccc(-c2c(C)ncnc2N2CCC(F)C2)c(C)c1. The number of hydrogen-bond donors (Lipinski definition) is 0. The van der Waals surface area contributed by atoms with Crippen LogP contribution in [0.4, 0.5) is 10.2 Å². The Bertz CT molecular complexity index is 690. The van der Waals surface area contributed by atoms with E-state index in [1.54, 1.807) is 13.4 Å². The van der Waals surface area contributed by atoms with Gasteiger partial charge >= 0.3 is 0 Å². The Hall–Kier alpha value is -2.17. The summed E-state index contributed by atoms with van der Waals surface area (Å²) in [7, 11) is 1.66. The van der Waals surface area contributed by atoms with Gasteiger partial charge in [0.25, 0.3) is 0 Å². The topological polar surface area (TPSA) is 38.3 Å². The number of methoxy groups -OCH3 is 1. The van der Waals surface area contributed by atoms with Crippen molar-refractivity contribution >= 4 is 5.82 Å². The van der Waals surface area contributed by atoms with Crippen LogP contribution >= 0.6 is 0 Å². The Morgan fingerprint density at radius 2 is 2.09 bits per heavy atom. The van der Waals surface area contributed by atoms with Gasteiger partial charge in [-0.3, -0.25) is 0 Å². The highest BCUT2D eigenvalue weighted by Crippen LogP contribution is 2.36. The number of alkyl halides is 1. The molecule has 0 aliphatic carbocycles. The van der Waals surface area contributed by atoms with Gasteiger partial charge in [0.05, 0.1) is 19.3 Å². The van der Waals surface area contributed by atoms with E-state index in [0.29, 0.717) is 19.5 Å². The summed E-state index contributed by atoms with van der Waals surface area (Å²) in [4.78, 5) is 10.8. The largest absolute Gasteiger partial charge is 0.497 e. The third-order valence-electron chi connectivity index (χ3n) is 4.15.